The third kappa shape index (κ3) is 3.78. The van der Waals surface area contributed by atoms with E-state index >= 15 is 0 Å². The van der Waals surface area contributed by atoms with E-state index in [0.717, 1.165) is 26.2 Å². The summed E-state index contributed by atoms with van der Waals surface area (Å²) in [5.41, 5.74) is 3.83. The molecule has 3 aromatic rings. The summed E-state index contributed by atoms with van der Waals surface area (Å²) in [6.45, 7) is 5.51. The van der Waals surface area contributed by atoms with Gasteiger partial charge in [0.1, 0.15) is 0 Å². The number of hydrogen-bond acceptors (Lipinski definition) is 6. The van der Waals surface area contributed by atoms with Crippen molar-refractivity contribution in [3.63, 3.8) is 0 Å². The number of hydrogen-bond donors (Lipinski definition) is 1. The Balaban J connectivity index is 1.49. The van der Waals surface area contributed by atoms with E-state index in [4.69, 9.17) is 0 Å². The van der Waals surface area contributed by atoms with Crippen LogP contribution in [0.5, 0.6) is 0 Å². The minimum absolute atomic E-state index is 0.192. The van der Waals surface area contributed by atoms with Gasteiger partial charge in [0.15, 0.2) is 0 Å². The van der Waals surface area contributed by atoms with Crippen LogP contribution in [0.25, 0.3) is 11.4 Å². The highest BCUT2D eigenvalue weighted by Crippen LogP contribution is 2.21. The fourth-order valence-electron chi connectivity index (χ4n) is 3.27. The first kappa shape index (κ1) is 17.9. The second-order valence-electron chi connectivity index (χ2n) is 6.79. The molecular formula is C21H21N5O2. The van der Waals surface area contributed by atoms with Crippen molar-refractivity contribution in [3.8, 4) is 11.4 Å². The number of rotatable bonds is 4. The first-order chi connectivity index (χ1) is 13.6. The Bertz CT molecular complexity index is 982. The number of benzene rings is 1. The molecule has 0 radical (unpaired) electrons. The highest BCUT2D eigenvalue weighted by Gasteiger charge is 2.20. The predicted molar refractivity (Wildman–Crippen MR) is 108 cm³/mol. The zero-order valence-corrected chi connectivity index (χ0v) is 15.6. The van der Waals surface area contributed by atoms with Crippen LogP contribution in [0, 0.1) is 6.92 Å². The van der Waals surface area contributed by atoms with Crippen LogP contribution >= 0.6 is 0 Å². The fourth-order valence-corrected chi connectivity index (χ4v) is 3.27. The summed E-state index contributed by atoms with van der Waals surface area (Å²) >= 11 is 0. The standard InChI is InChI=1S/C21H21N5O2/c1-15-2-4-17(5-3-15)25-10-12-26(13-11-25)21-23-9-7-18(24-21)19-14-16(20(27)28)6-8-22-19/h2-9,14H,10-13H2,1H3,(H,27,28). The maximum atomic E-state index is 11.2. The van der Waals surface area contributed by atoms with Crippen LogP contribution in [-0.2, 0) is 0 Å². The van der Waals surface area contributed by atoms with Gasteiger partial charge < -0.3 is 14.9 Å². The maximum absolute atomic E-state index is 11.2. The molecule has 7 nitrogen and oxygen atoms in total. The van der Waals surface area contributed by atoms with Gasteiger partial charge in [-0.1, -0.05) is 17.7 Å². The van der Waals surface area contributed by atoms with Gasteiger partial charge in [-0.3, -0.25) is 4.98 Å². The summed E-state index contributed by atoms with van der Waals surface area (Å²) in [6, 6.07) is 13.3. The Labute approximate surface area is 163 Å². The van der Waals surface area contributed by atoms with E-state index in [2.05, 4.69) is 55.9 Å². The monoisotopic (exact) mass is 375 g/mol. The Kier molecular flexibility index (Phi) is 4.89. The van der Waals surface area contributed by atoms with E-state index in [1.54, 1.807) is 12.3 Å². The lowest BCUT2D eigenvalue weighted by atomic mass is 10.2. The van der Waals surface area contributed by atoms with E-state index in [0.29, 0.717) is 17.3 Å². The molecule has 1 aliphatic rings. The largest absolute Gasteiger partial charge is 0.478 e. The quantitative estimate of drug-likeness (QED) is 0.751. The number of carboxylic acid groups (broad SMARTS) is 1. The van der Waals surface area contributed by atoms with Crippen LogP contribution in [0.15, 0.2) is 54.9 Å². The van der Waals surface area contributed by atoms with Gasteiger partial charge in [0.2, 0.25) is 5.95 Å². The number of carbonyl (C=O) groups is 1. The van der Waals surface area contributed by atoms with Crippen LogP contribution in [0.1, 0.15) is 15.9 Å². The third-order valence-electron chi connectivity index (χ3n) is 4.87. The lowest BCUT2D eigenvalue weighted by Crippen LogP contribution is -2.47. The molecule has 0 aliphatic carbocycles. The smallest absolute Gasteiger partial charge is 0.335 e. The summed E-state index contributed by atoms with van der Waals surface area (Å²) in [7, 11) is 0. The molecule has 7 heteroatoms. The van der Waals surface area contributed by atoms with Crippen molar-refractivity contribution in [1.82, 2.24) is 15.0 Å². The van der Waals surface area contributed by atoms with Crippen LogP contribution < -0.4 is 9.80 Å². The average Bonchev–Trinajstić information content (AvgIpc) is 2.75. The maximum Gasteiger partial charge on any atom is 0.335 e. The van der Waals surface area contributed by atoms with Gasteiger partial charge in [-0.15, -0.1) is 0 Å². The van der Waals surface area contributed by atoms with Crippen molar-refractivity contribution in [1.29, 1.82) is 0 Å². The second-order valence-corrected chi connectivity index (χ2v) is 6.79. The van der Waals surface area contributed by atoms with E-state index in [-0.39, 0.29) is 5.56 Å². The molecule has 28 heavy (non-hydrogen) atoms. The SMILES string of the molecule is Cc1ccc(N2CCN(c3nccc(-c4cc(C(=O)O)ccn4)n3)CC2)cc1. The van der Waals surface area contributed by atoms with Crippen molar-refractivity contribution >= 4 is 17.6 Å². The lowest BCUT2D eigenvalue weighted by Gasteiger charge is -2.36. The number of aromatic nitrogens is 3. The minimum Gasteiger partial charge on any atom is -0.478 e. The lowest BCUT2D eigenvalue weighted by molar-refractivity contribution is 0.0697. The van der Waals surface area contributed by atoms with Crippen LogP contribution in [-0.4, -0.2) is 52.2 Å². The van der Waals surface area contributed by atoms with E-state index < -0.39 is 5.97 Å². The summed E-state index contributed by atoms with van der Waals surface area (Å²) in [6.07, 6.45) is 3.18. The summed E-state index contributed by atoms with van der Waals surface area (Å²) in [5.74, 6) is -0.339. The number of aryl methyl sites for hydroxylation is 1. The molecule has 0 bridgehead atoms. The molecule has 2 aromatic heterocycles. The third-order valence-corrected chi connectivity index (χ3v) is 4.87. The van der Waals surface area contributed by atoms with Gasteiger partial charge >= 0.3 is 5.97 Å². The molecule has 1 N–H and O–H groups in total. The summed E-state index contributed by atoms with van der Waals surface area (Å²) < 4.78 is 0. The van der Waals surface area contributed by atoms with E-state index in [9.17, 15) is 9.90 Å². The van der Waals surface area contributed by atoms with Gasteiger partial charge in [-0.2, -0.15) is 0 Å². The van der Waals surface area contributed by atoms with Crippen molar-refractivity contribution in [2.45, 2.75) is 6.92 Å². The Morgan fingerprint density at radius 1 is 0.893 bits per heavy atom. The molecule has 0 saturated carbocycles. The van der Waals surface area contributed by atoms with Gasteiger partial charge in [-0.05, 0) is 37.3 Å². The number of anilines is 2. The molecule has 142 valence electrons. The molecule has 1 aliphatic heterocycles. The van der Waals surface area contributed by atoms with Crippen LogP contribution in [0.2, 0.25) is 0 Å². The predicted octanol–water partition coefficient (Wildman–Crippen LogP) is 2.87. The highest BCUT2D eigenvalue weighted by molar-refractivity contribution is 5.88. The summed E-state index contributed by atoms with van der Waals surface area (Å²) in [5, 5.41) is 9.18. The van der Waals surface area contributed by atoms with Gasteiger partial charge in [-0.25, -0.2) is 14.8 Å². The van der Waals surface area contributed by atoms with E-state index in [1.807, 2.05) is 0 Å². The topological polar surface area (TPSA) is 82.5 Å². The second kappa shape index (κ2) is 7.64. The van der Waals surface area contributed by atoms with Gasteiger partial charge in [0.25, 0.3) is 0 Å². The molecule has 0 spiro atoms. The Hall–Kier alpha value is -3.48. The first-order valence-electron chi connectivity index (χ1n) is 9.19. The molecule has 0 amide bonds. The molecule has 0 unspecified atom stereocenters. The molecule has 0 atom stereocenters. The number of carboxylic acids is 1. The number of pyridine rings is 1. The minimum atomic E-state index is -0.981. The molecule has 1 fully saturated rings. The van der Waals surface area contributed by atoms with Gasteiger partial charge in [0.05, 0.1) is 17.0 Å². The van der Waals surface area contributed by atoms with Crippen molar-refractivity contribution in [3.05, 3.63) is 66.0 Å². The molecular weight excluding hydrogens is 354 g/mol. The van der Waals surface area contributed by atoms with Crippen molar-refractivity contribution in [2.75, 3.05) is 36.0 Å². The molecule has 4 rings (SSSR count). The average molecular weight is 375 g/mol. The molecule has 1 aromatic carbocycles. The van der Waals surface area contributed by atoms with Crippen molar-refractivity contribution in [2.24, 2.45) is 0 Å². The van der Waals surface area contributed by atoms with Gasteiger partial charge in [0, 0.05) is 44.3 Å². The van der Waals surface area contributed by atoms with Crippen LogP contribution in [0.3, 0.4) is 0 Å². The molecule has 3 heterocycles. The summed E-state index contributed by atoms with van der Waals surface area (Å²) in [4.78, 5) is 29.0. The zero-order chi connectivity index (χ0) is 19.5. The normalized spacial score (nSPS) is 14.2. The zero-order valence-electron chi connectivity index (χ0n) is 15.6. The van der Waals surface area contributed by atoms with Crippen LogP contribution in [0.4, 0.5) is 11.6 Å². The fraction of sp³-hybridized carbons (Fsp3) is 0.238. The Morgan fingerprint density at radius 2 is 1.57 bits per heavy atom. The molecule has 1 saturated heterocycles. The highest BCUT2D eigenvalue weighted by atomic mass is 16.4. The number of aromatic carboxylic acids is 1. The van der Waals surface area contributed by atoms with E-state index in [1.165, 1.54) is 29.6 Å². The number of piperazine rings is 1. The van der Waals surface area contributed by atoms with Crippen molar-refractivity contribution < 1.29 is 9.90 Å². The Morgan fingerprint density at radius 3 is 2.29 bits per heavy atom. The number of nitrogens with zero attached hydrogens (tertiary/aromatic N) is 5. The first-order valence-corrected chi connectivity index (χ1v) is 9.19.